The third-order valence-electron chi connectivity index (χ3n) is 5.00. The predicted octanol–water partition coefficient (Wildman–Crippen LogP) is 3.25. The molecule has 0 aromatic heterocycles. The second kappa shape index (κ2) is 7.82. The number of carbonyl (C=O) groups is 2. The summed E-state index contributed by atoms with van der Waals surface area (Å²) >= 11 is 5.57. The first-order chi connectivity index (χ1) is 14.2. The molecule has 1 aliphatic heterocycles. The summed E-state index contributed by atoms with van der Waals surface area (Å²) < 4.78 is 19.6. The molecule has 0 saturated carbocycles. The van der Waals surface area contributed by atoms with E-state index in [-0.39, 0.29) is 23.3 Å². The number of hydrogen-bond donors (Lipinski definition) is 1. The van der Waals surface area contributed by atoms with E-state index >= 15 is 0 Å². The van der Waals surface area contributed by atoms with Crippen LogP contribution in [0.5, 0.6) is 0 Å². The normalized spacial score (nSPS) is 18.6. The molecule has 1 heterocycles. The van der Waals surface area contributed by atoms with Crippen LogP contribution in [0, 0.1) is 24.1 Å². The summed E-state index contributed by atoms with van der Waals surface area (Å²) in [5, 5.41) is 18.3. The summed E-state index contributed by atoms with van der Waals surface area (Å²) in [6, 6.07) is 10.5. The second-order valence-corrected chi connectivity index (χ2v) is 7.41. The highest BCUT2D eigenvalue weighted by Gasteiger charge is 2.53. The van der Waals surface area contributed by atoms with Crippen molar-refractivity contribution < 1.29 is 23.8 Å². The van der Waals surface area contributed by atoms with Crippen molar-refractivity contribution in [2.45, 2.75) is 19.4 Å². The molecular weight excluding hydrogens is 409 g/mol. The Morgan fingerprint density at radius 2 is 1.97 bits per heavy atom. The summed E-state index contributed by atoms with van der Waals surface area (Å²) in [7, 11) is 1.43. The van der Waals surface area contributed by atoms with Crippen molar-refractivity contribution in [3.8, 4) is 6.07 Å². The lowest BCUT2D eigenvalue weighted by Gasteiger charge is -2.32. The van der Waals surface area contributed by atoms with Crippen molar-refractivity contribution >= 4 is 40.6 Å². The molecule has 0 bridgehead atoms. The number of benzene rings is 2. The van der Waals surface area contributed by atoms with Crippen LogP contribution in [0.15, 0.2) is 36.4 Å². The molecule has 1 aliphatic rings. The number of carboxylic acids is 1. The van der Waals surface area contributed by atoms with Crippen LogP contribution in [0.4, 0.5) is 15.8 Å². The third-order valence-corrected chi connectivity index (χ3v) is 5.36. The van der Waals surface area contributed by atoms with Crippen LogP contribution in [0.1, 0.15) is 28.4 Å². The van der Waals surface area contributed by atoms with E-state index in [2.05, 4.69) is 6.07 Å². The first kappa shape index (κ1) is 21.4. The first-order valence-corrected chi connectivity index (χ1v) is 9.28. The van der Waals surface area contributed by atoms with Crippen LogP contribution >= 0.6 is 12.2 Å². The van der Waals surface area contributed by atoms with Crippen molar-refractivity contribution in [1.82, 2.24) is 0 Å². The van der Waals surface area contributed by atoms with Crippen LogP contribution < -0.4 is 9.80 Å². The molecule has 7 nitrogen and oxygen atoms in total. The minimum Gasteiger partial charge on any atom is -0.478 e. The van der Waals surface area contributed by atoms with E-state index in [0.717, 1.165) is 12.1 Å². The molecule has 1 amide bonds. The fourth-order valence-electron chi connectivity index (χ4n) is 3.49. The molecule has 1 fully saturated rings. The lowest BCUT2D eigenvalue weighted by Crippen LogP contribution is -2.51. The van der Waals surface area contributed by atoms with Crippen LogP contribution in [0.3, 0.4) is 0 Å². The van der Waals surface area contributed by atoms with Gasteiger partial charge in [-0.25, -0.2) is 9.18 Å². The molecule has 1 saturated heterocycles. The maximum Gasteiger partial charge on any atom is 0.338 e. The van der Waals surface area contributed by atoms with Gasteiger partial charge in [-0.1, -0.05) is 0 Å². The van der Waals surface area contributed by atoms with E-state index in [1.807, 2.05) is 0 Å². The van der Waals surface area contributed by atoms with E-state index in [9.17, 15) is 14.0 Å². The molecule has 2 aromatic rings. The van der Waals surface area contributed by atoms with Gasteiger partial charge in [0.05, 0.1) is 29.5 Å². The minimum atomic E-state index is -1.39. The number of amides is 1. The molecule has 3 rings (SSSR count). The molecule has 1 atom stereocenters. The Morgan fingerprint density at radius 1 is 1.30 bits per heavy atom. The average molecular weight is 427 g/mol. The topological polar surface area (TPSA) is 93.9 Å². The molecule has 0 aliphatic carbocycles. The van der Waals surface area contributed by atoms with Crippen molar-refractivity contribution in [1.29, 1.82) is 5.26 Å². The Balaban J connectivity index is 2.13. The van der Waals surface area contributed by atoms with E-state index < -0.39 is 22.9 Å². The maximum absolute atomic E-state index is 14.4. The van der Waals surface area contributed by atoms with Crippen molar-refractivity contribution in [3.63, 3.8) is 0 Å². The van der Waals surface area contributed by atoms with Crippen molar-refractivity contribution in [3.05, 3.63) is 58.9 Å². The van der Waals surface area contributed by atoms with Gasteiger partial charge in [0.25, 0.3) is 5.91 Å². The van der Waals surface area contributed by atoms with E-state index in [0.29, 0.717) is 16.8 Å². The van der Waals surface area contributed by atoms with Crippen molar-refractivity contribution in [2.75, 3.05) is 23.5 Å². The van der Waals surface area contributed by atoms with Gasteiger partial charge in [-0.15, -0.1) is 0 Å². The highest BCUT2D eigenvalue weighted by Crippen LogP contribution is 2.37. The lowest BCUT2D eigenvalue weighted by molar-refractivity contribution is -0.122. The molecule has 0 spiro atoms. The van der Waals surface area contributed by atoms with Crippen LogP contribution in [0.25, 0.3) is 0 Å². The number of thiocarbonyl (C=S) groups is 1. The Labute approximate surface area is 177 Å². The quantitative estimate of drug-likeness (QED) is 0.732. The molecule has 2 aromatic carbocycles. The number of aryl methyl sites for hydroxylation is 1. The number of carboxylic acid groups (broad SMARTS) is 1. The highest BCUT2D eigenvalue weighted by atomic mass is 32.1. The van der Waals surface area contributed by atoms with Gasteiger partial charge < -0.3 is 14.7 Å². The Hall–Kier alpha value is -3.35. The monoisotopic (exact) mass is 427 g/mol. The van der Waals surface area contributed by atoms with Gasteiger partial charge in [-0.05, 0) is 68.0 Å². The number of anilines is 2. The first-order valence-electron chi connectivity index (χ1n) is 8.87. The van der Waals surface area contributed by atoms with Crippen LogP contribution in [-0.2, 0) is 9.53 Å². The number of hydrogen-bond acceptors (Lipinski definition) is 5. The van der Waals surface area contributed by atoms with Crippen LogP contribution in [-0.4, -0.2) is 41.4 Å². The zero-order chi connectivity index (χ0) is 22.2. The van der Waals surface area contributed by atoms with Gasteiger partial charge in [0.2, 0.25) is 0 Å². The van der Waals surface area contributed by atoms with Gasteiger partial charge in [-0.2, -0.15) is 5.26 Å². The Kier molecular flexibility index (Phi) is 5.57. The zero-order valence-electron chi connectivity index (χ0n) is 16.5. The number of nitrogens with zero attached hydrogens (tertiary/aromatic N) is 3. The summed E-state index contributed by atoms with van der Waals surface area (Å²) in [6.45, 7) is 3.32. The summed E-state index contributed by atoms with van der Waals surface area (Å²) in [5.74, 6) is -2.72. The smallest absolute Gasteiger partial charge is 0.338 e. The minimum absolute atomic E-state index is 0.0416. The highest BCUT2D eigenvalue weighted by molar-refractivity contribution is 7.81. The molecular formula is C21H18FN3O4S. The number of ether oxygens (including phenoxy) is 1. The molecule has 1 N–H and O–H groups in total. The number of aromatic carboxylic acids is 1. The molecule has 0 radical (unpaired) electrons. The zero-order valence-corrected chi connectivity index (χ0v) is 17.3. The number of carbonyl (C=O) groups excluding carboxylic acids is 1. The predicted molar refractivity (Wildman–Crippen MR) is 112 cm³/mol. The average Bonchev–Trinajstić information content (AvgIpc) is 2.87. The van der Waals surface area contributed by atoms with Gasteiger partial charge in [-0.3, -0.25) is 9.69 Å². The number of methoxy groups -OCH3 is 1. The van der Waals surface area contributed by atoms with E-state index in [1.54, 1.807) is 32.0 Å². The van der Waals surface area contributed by atoms with Crippen LogP contribution in [0.2, 0.25) is 0 Å². The third kappa shape index (κ3) is 3.30. The van der Waals surface area contributed by atoms with Gasteiger partial charge >= 0.3 is 5.97 Å². The number of halogens is 1. The number of rotatable bonds is 5. The standard InChI is InChI=1S/C21H18FN3O4S/c1-12-8-14(5-4-13(12)10-23)24-19(28)21(2,11-29-3)25(20(24)30)15-6-7-16(18(26)27)17(22)9-15/h4-9H,11H2,1-3H3,(H,26,27)/t21-/m1/s1. The second-order valence-electron chi connectivity index (χ2n) is 7.05. The SMILES string of the molecule is COC[C@]1(C)C(=O)N(c2ccc(C#N)c(C)c2)C(=S)N1c1ccc(C(=O)O)c(F)c1. The van der Waals surface area contributed by atoms with E-state index in [4.69, 9.17) is 27.3 Å². The van der Waals surface area contributed by atoms with Gasteiger partial charge in [0, 0.05) is 12.8 Å². The molecule has 30 heavy (non-hydrogen) atoms. The van der Waals surface area contributed by atoms with Gasteiger partial charge in [0.15, 0.2) is 5.11 Å². The molecule has 9 heteroatoms. The molecule has 0 unspecified atom stereocenters. The Bertz CT molecular complexity index is 1110. The largest absolute Gasteiger partial charge is 0.478 e. The van der Waals surface area contributed by atoms with E-state index in [1.165, 1.54) is 23.0 Å². The summed E-state index contributed by atoms with van der Waals surface area (Å²) in [5.41, 5.74) is 0.0686. The maximum atomic E-state index is 14.4. The fraction of sp³-hybridized carbons (Fsp3) is 0.238. The number of nitriles is 1. The molecule has 154 valence electrons. The van der Waals surface area contributed by atoms with Gasteiger partial charge in [0.1, 0.15) is 11.4 Å². The lowest BCUT2D eigenvalue weighted by atomic mass is 10.00. The van der Waals surface area contributed by atoms with Crippen molar-refractivity contribution in [2.24, 2.45) is 0 Å². The summed E-state index contributed by atoms with van der Waals surface area (Å²) in [6.07, 6.45) is 0. The summed E-state index contributed by atoms with van der Waals surface area (Å²) in [4.78, 5) is 27.3. The Morgan fingerprint density at radius 3 is 2.50 bits per heavy atom. The fourth-order valence-corrected chi connectivity index (χ4v) is 3.99.